The van der Waals surface area contributed by atoms with Crippen LogP contribution >= 0.6 is 12.2 Å². The summed E-state index contributed by atoms with van der Waals surface area (Å²) >= 11 is 4.99. The summed E-state index contributed by atoms with van der Waals surface area (Å²) in [5, 5.41) is 2.95. The summed E-state index contributed by atoms with van der Waals surface area (Å²) in [6.07, 6.45) is 0.971. The zero-order valence-corrected chi connectivity index (χ0v) is 7.43. The van der Waals surface area contributed by atoms with E-state index in [9.17, 15) is 0 Å². The van der Waals surface area contributed by atoms with Crippen LogP contribution < -0.4 is 5.32 Å². The van der Waals surface area contributed by atoms with Crippen molar-refractivity contribution in [1.29, 1.82) is 0 Å². The molecule has 0 aliphatic carbocycles. The number of hydrogen-bond donors (Lipinski definition) is 1. The van der Waals surface area contributed by atoms with Gasteiger partial charge >= 0.3 is 0 Å². The molecule has 0 amide bonds. The average Bonchev–Trinajstić information content (AvgIpc) is 1.62. The van der Waals surface area contributed by atoms with Crippen LogP contribution in [-0.2, 0) is 0 Å². The van der Waals surface area contributed by atoms with Crippen LogP contribution in [0.2, 0.25) is 0 Å². The van der Waals surface area contributed by atoms with Crippen LogP contribution in [0.15, 0.2) is 0 Å². The Hall–Kier alpha value is -0.110. The molecule has 0 saturated carbocycles. The van der Waals surface area contributed by atoms with Crippen LogP contribution in [0.1, 0.15) is 27.2 Å². The van der Waals surface area contributed by atoms with E-state index in [0.29, 0.717) is 5.41 Å². The van der Waals surface area contributed by atoms with Gasteiger partial charge in [-0.15, -0.1) is 0 Å². The quantitative estimate of drug-likeness (QED) is 0.566. The number of rotatable bonds is 1. The van der Waals surface area contributed by atoms with Gasteiger partial charge in [-0.1, -0.05) is 33.0 Å². The van der Waals surface area contributed by atoms with Crippen molar-refractivity contribution in [3.63, 3.8) is 0 Å². The van der Waals surface area contributed by atoms with E-state index in [1.807, 2.05) is 7.05 Å². The highest BCUT2D eigenvalue weighted by molar-refractivity contribution is 7.80. The van der Waals surface area contributed by atoms with Gasteiger partial charge in [0, 0.05) is 13.5 Å². The lowest BCUT2D eigenvalue weighted by molar-refractivity contribution is 0.433. The summed E-state index contributed by atoms with van der Waals surface area (Å²) in [5.74, 6) is 0. The molecule has 2 heteroatoms. The van der Waals surface area contributed by atoms with E-state index < -0.39 is 0 Å². The molecular weight excluding hydrogens is 130 g/mol. The molecule has 0 aromatic heterocycles. The average molecular weight is 145 g/mol. The van der Waals surface area contributed by atoms with E-state index >= 15 is 0 Å². The number of hydrogen-bond acceptors (Lipinski definition) is 1. The van der Waals surface area contributed by atoms with Crippen LogP contribution in [0.25, 0.3) is 0 Å². The Morgan fingerprint density at radius 2 is 1.89 bits per heavy atom. The molecule has 0 aliphatic rings. The lowest BCUT2D eigenvalue weighted by atomic mass is 9.92. The SMILES string of the molecule is CNC(=S)CC(C)(C)C. The molecule has 1 nitrogen and oxygen atoms in total. The predicted molar refractivity (Wildman–Crippen MR) is 45.7 cm³/mol. The Kier molecular flexibility index (Phi) is 3.12. The van der Waals surface area contributed by atoms with Crippen LogP contribution in [0.5, 0.6) is 0 Å². The van der Waals surface area contributed by atoms with Crippen molar-refractivity contribution < 1.29 is 0 Å². The minimum Gasteiger partial charge on any atom is -0.383 e. The maximum absolute atomic E-state index is 4.99. The Bertz CT molecular complexity index is 102. The molecule has 0 radical (unpaired) electrons. The second-order valence-corrected chi connectivity index (χ2v) is 3.90. The Morgan fingerprint density at radius 1 is 1.44 bits per heavy atom. The molecule has 0 aliphatic heterocycles. The molecule has 0 aromatic carbocycles. The first-order valence-electron chi connectivity index (χ1n) is 3.16. The molecule has 0 saturated heterocycles. The molecule has 0 aromatic rings. The van der Waals surface area contributed by atoms with Gasteiger partial charge in [-0.3, -0.25) is 0 Å². The summed E-state index contributed by atoms with van der Waals surface area (Å²) in [4.78, 5) is 0.947. The van der Waals surface area contributed by atoms with Crippen molar-refractivity contribution in [2.45, 2.75) is 27.2 Å². The van der Waals surface area contributed by atoms with Crippen LogP contribution in [0, 0.1) is 5.41 Å². The number of nitrogens with one attached hydrogen (secondary N) is 1. The first-order chi connectivity index (χ1) is 3.95. The standard InChI is InChI=1S/C7H15NS/c1-7(2,3)5-6(9)8-4/h5H2,1-4H3,(H,8,9). The summed E-state index contributed by atoms with van der Waals surface area (Å²) in [5.41, 5.74) is 0.320. The molecular formula is C7H15NS. The normalized spacial score (nSPS) is 11.1. The molecule has 9 heavy (non-hydrogen) atoms. The smallest absolute Gasteiger partial charge is 0.0756 e. The Labute approximate surface area is 62.8 Å². The zero-order chi connectivity index (χ0) is 7.49. The molecule has 0 rings (SSSR count). The van der Waals surface area contributed by atoms with Crippen LogP contribution in [0.3, 0.4) is 0 Å². The van der Waals surface area contributed by atoms with E-state index in [0.717, 1.165) is 11.4 Å². The Balaban J connectivity index is 3.60. The van der Waals surface area contributed by atoms with Crippen molar-refractivity contribution in [3.05, 3.63) is 0 Å². The predicted octanol–water partition coefficient (Wildman–Crippen LogP) is 1.97. The highest BCUT2D eigenvalue weighted by atomic mass is 32.1. The molecule has 0 bridgehead atoms. The van der Waals surface area contributed by atoms with Crippen molar-refractivity contribution in [2.24, 2.45) is 5.41 Å². The van der Waals surface area contributed by atoms with Gasteiger partial charge in [0.2, 0.25) is 0 Å². The monoisotopic (exact) mass is 145 g/mol. The molecule has 1 N–H and O–H groups in total. The summed E-state index contributed by atoms with van der Waals surface area (Å²) in [7, 11) is 1.87. The van der Waals surface area contributed by atoms with Gasteiger partial charge in [-0.2, -0.15) is 0 Å². The minimum absolute atomic E-state index is 0.320. The third kappa shape index (κ3) is 5.77. The third-order valence-electron chi connectivity index (χ3n) is 0.970. The van der Waals surface area contributed by atoms with E-state index in [-0.39, 0.29) is 0 Å². The van der Waals surface area contributed by atoms with Crippen LogP contribution in [-0.4, -0.2) is 12.0 Å². The highest BCUT2D eigenvalue weighted by Crippen LogP contribution is 2.18. The first kappa shape index (κ1) is 8.89. The molecule has 0 atom stereocenters. The second-order valence-electron chi connectivity index (χ2n) is 3.41. The minimum atomic E-state index is 0.320. The topological polar surface area (TPSA) is 12.0 Å². The zero-order valence-electron chi connectivity index (χ0n) is 6.62. The van der Waals surface area contributed by atoms with Gasteiger partial charge < -0.3 is 5.32 Å². The van der Waals surface area contributed by atoms with Gasteiger partial charge in [-0.25, -0.2) is 0 Å². The Morgan fingerprint density at radius 3 is 2.00 bits per heavy atom. The maximum Gasteiger partial charge on any atom is 0.0756 e. The largest absolute Gasteiger partial charge is 0.383 e. The fraction of sp³-hybridized carbons (Fsp3) is 0.857. The molecule has 54 valence electrons. The lowest BCUT2D eigenvalue weighted by Crippen LogP contribution is -2.21. The summed E-state index contributed by atoms with van der Waals surface area (Å²) in [6, 6.07) is 0. The fourth-order valence-corrected chi connectivity index (χ4v) is 1.00. The molecule has 0 unspecified atom stereocenters. The van der Waals surface area contributed by atoms with Gasteiger partial charge in [0.15, 0.2) is 0 Å². The van der Waals surface area contributed by atoms with Gasteiger partial charge in [0.1, 0.15) is 0 Å². The second kappa shape index (κ2) is 3.16. The fourth-order valence-electron chi connectivity index (χ4n) is 0.570. The molecule has 0 spiro atoms. The van der Waals surface area contributed by atoms with E-state index in [4.69, 9.17) is 12.2 Å². The number of thiocarbonyl (C=S) groups is 1. The summed E-state index contributed by atoms with van der Waals surface area (Å²) < 4.78 is 0. The highest BCUT2D eigenvalue weighted by Gasteiger charge is 2.11. The first-order valence-corrected chi connectivity index (χ1v) is 3.57. The van der Waals surface area contributed by atoms with E-state index in [2.05, 4.69) is 26.1 Å². The van der Waals surface area contributed by atoms with Crippen LogP contribution in [0.4, 0.5) is 0 Å². The van der Waals surface area contributed by atoms with E-state index in [1.54, 1.807) is 0 Å². The third-order valence-corrected chi connectivity index (χ3v) is 1.32. The van der Waals surface area contributed by atoms with Gasteiger partial charge in [-0.05, 0) is 5.41 Å². The van der Waals surface area contributed by atoms with Crippen molar-refractivity contribution >= 4 is 17.2 Å². The molecule has 0 fully saturated rings. The van der Waals surface area contributed by atoms with Crippen molar-refractivity contribution in [2.75, 3.05) is 7.05 Å². The summed E-state index contributed by atoms with van der Waals surface area (Å²) in [6.45, 7) is 6.53. The van der Waals surface area contributed by atoms with Crippen molar-refractivity contribution in [3.8, 4) is 0 Å². The lowest BCUT2D eigenvalue weighted by Gasteiger charge is -2.17. The van der Waals surface area contributed by atoms with Crippen molar-refractivity contribution in [1.82, 2.24) is 5.32 Å². The van der Waals surface area contributed by atoms with Gasteiger partial charge in [0.05, 0.1) is 4.99 Å². The maximum atomic E-state index is 4.99. The van der Waals surface area contributed by atoms with Gasteiger partial charge in [0.25, 0.3) is 0 Å². The van der Waals surface area contributed by atoms with E-state index in [1.165, 1.54) is 0 Å². The molecule has 0 heterocycles.